The Morgan fingerprint density at radius 3 is 1.88 bits per heavy atom. The van der Waals surface area contributed by atoms with E-state index in [0.717, 1.165) is 62.4 Å². The molecule has 2 unspecified atom stereocenters. The molecule has 3 atom stereocenters. The molecule has 2 bridgehead atoms. The lowest BCUT2D eigenvalue weighted by Crippen LogP contribution is -2.23. The first-order valence-electron chi connectivity index (χ1n) is 25.6. The maximum atomic E-state index is 12.6. The number of phenolic OH excluding ortho intramolecular Hbond substituents is 2. The molecule has 9 rings (SSSR count). The van der Waals surface area contributed by atoms with Crippen LogP contribution in [0.4, 0.5) is 22.7 Å². The van der Waals surface area contributed by atoms with Crippen molar-refractivity contribution in [2.24, 2.45) is 0 Å². The van der Waals surface area contributed by atoms with E-state index in [1.165, 1.54) is 11.1 Å². The van der Waals surface area contributed by atoms with Gasteiger partial charge >= 0.3 is 0 Å². The molecular weight excluding hydrogens is 885 g/mol. The molecule has 2 heterocycles. The molecule has 0 saturated carbocycles. The fraction of sp³-hybridized carbons (Fsp3) is 0.273. The van der Waals surface area contributed by atoms with E-state index in [1.54, 1.807) is 0 Å². The highest BCUT2D eigenvalue weighted by Gasteiger charge is 2.31. The number of aryl methyl sites for hydroxylation is 2. The Balaban J connectivity index is 1.05. The summed E-state index contributed by atoms with van der Waals surface area (Å²) in [4.78, 5) is 4.35. The number of nitrogens with zero attached hydrogens (tertiary/aromatic N) is 2. The molecule has 0 radical (unpaired) electrons. The van der Waals surface area contributed by atoms with Crippen molar-refractivity contribution in [3.05, 3.63) is 210 Å². The number of allylic oxidation sites excluding steroid dienone is 9. The number of anilines is 4. The minimum atomic E-state index is -0.279. The number of ether oxygens (including phenoxy) is 2. The summed E-state index contributed by atoms with van der Waals surface area (Å²) in [6.07, 6.45) is 19.9. The molecule has 6 aromatic rings. The maximum absolute atomic E-state index is 12.6. The van der Waals surface area contributed by atoms with Crippen molar-refractivity contribution in [2.75, 3.05) is 16.3 Å². The Labute approximate surface area is 428 Å². The van der Waals surface area contributed by atoms with E-state index in [1.807, 2.05) is 30.4 Å². The molecule has 3 aliphatic rings. The van der Waals surface area contributed by atoms with Gasteiger partial charge in [-0.1, -0.05) is 139 Å². The highest BCUT2D eigenvalue weighted by molar-refractivity contribution is 5.91. The summed E-state index contributed by atoms with van der Waals surface area (Å²) in [6, 6.07) is 37.8. The molecule has 1 aliphatic carbocycles. The highest BCUT2D eigenvalue weighted by atomic mass is 16.5. The van der Waals surface area contributed by atoms with Crippen LogP contribution in [-0.4, -0.2) is 29.0 Å². The molecule has 72 heavy (non-hydrogen) atoms. The monoisotopic (exact) mass is 955 g/mol. The molecule has 0 fully saturated rings. The van der Waals surface area contributed by atoms with Gasteiger partial charge in [-0.3, -0.25) is 0 Å². The smallest absolute Gasteiger partial charge is 0.147 e. The van der Waals surface area contributed by atoms with Crippen LogP contribution >= 0.6 is 0 Å². The largest absolute Gasteiger partial charge is 0.505 e. The van der Waals surface area contributed by atoms with E-state index < -0.39 is 0 Å². The van der Waals surface area contributed by atoms with Gasteiger partial charge in [0.25, 0.3) is 0 Å². The van der Waals surface area contributed by atoms with Crippen LogP contribution in [0.15, 0.2) is 176 Å². The number of hydrogen-bond acceptors (Lipinski definition) is 6. The van der Waals surface area contributed by atoms with Crippen molar-refractivity contribution >= 4 is 28.3 Å². The minimum absolute atomic E-state index is 0.114. The average molecular weight is 955 g/mol. The normalized spacial score (nSPS) is 17.1. The van der Waals surface area contributed by atoms with Crippen molar-refractivity contribution in [1.82, 2.24) is 0 Å². The first kappa shape index (κ1) is 49.5. The number of hydrogen-bond donors (Lipinski definition) is 2. The number of phenols is 2. The zero-order chi connectivity index (χ0) is 51.1. The lowest BCUT2D eigenvalue weighted by Gasteiger charge is -2.34. The maximum Gasteiger partial charge on any atom is 0.147 e. The average Bonchev–Trinajstić information content (AvgIpc) is 3.52. The molecule has 2 N–H and O–H groups in total. The molecule has 0 saturated heterocycles. The van der Waals surface area contributed by atoms with Gasteiger partial charge in [-0.2, -0.15) is 0 Å². The second-order valence-corrected chi connectivity index (χ2v) is 21.6. The Kier molecular flexibility index (Phi) is 13.8. The Morgan fingerprint density at radius 1 is 0.625 bits per heavy atom. The predicted octanol–water partition coefficient (Wildman–Crippen LogP) is 17.2. The highest BCUT2D eigenvalue weighted by Crippen LogP contribution is 2.51. The topological polar surface area (TPSA) is 65.4 Å². The summed E-state index contributed by atoms with van der Waals surface area (Å²) in [5.41, 5.74) is 14.7. The molecular formula is C66H70N2O4. The lowest BCUT2D eigenvalue weighted by atomic mass is 9.81. The Morgan fingerprint density at radius 2 is 1.21 bits per heavy atom. The third-order valence-electron chi connectivity index (χ3n) is 14.6. The van der Waals surface area contributed by atoms with Gasteiger partial charge in [0.1, 0.15) is 23.0 Å². The fourth-order valence-electron chi connectivity index (χ4n) is 10.3. The van der Waals surface area contributed by atoms with Crippen LogP contribution in [0.2, 0.25) is 0 Å². The van der Waals surface area contributed by atoms with E-state index >= 15 is 0 Å². The number of benzene rings is 6. The summed E-state index contributed by atoms with van der Waals surface area (Å²) in [5, 5.41) is 25.1. The molecule has 0 spiro atoms. The van der Waals surface area contributed by atoms with Gasteiger partial charge in [0.15, 0.2) is 0 Å². The van der Waals surface area contributed by atoms with Gasteiger partial charge < -0.3 is 29.5 Å². The molecule has 0 amide bonds. The number of para-hydroxylation sites is 2. The van der Waals surface area contributed by atoms with E-state index in [4.69, 9.17) is 9.47 Å². The minimum Gasteiger partial charge on any atom is -0.505 e. The van der Waals surface area contributed by atoms with Gasteiger partial charge in [0.05, 0.1) is 29.3 Å². The third-order valence-corrected chi connectivity index (χ3v) is 14.6. The second kappa shape index (κ2) is 20.0. The molecule has 6 heteroatoms. The first-order valence-corrected chi connectivity index (χ1v) is 25.6. The van der Waals surface area contributed by atoms with Gasteiger partial charge in [0.2, 0.25) is 0 Å². The SMILES string of the molecule is C=C1/C=C\C=C/CN(c2cc(C)cc(-c3cc(C(C)(C)CC)ccc3OC(C)C[C@@H](C)Oc3ccc(C(C)(C)C)cc3-c3cc(C)cc(N4C5=CC(C=CC=C5)c5ccccc54)c3O)c2O)c2ccccc21. The van der Waals surface area contributed by atoms with Crippen molar-refractivity contribution < 1.29 is 19.7 Å². The number of fused-ring (bicyclic) bond motifs is 4. The van der Waals surface area contributed by atoms with Crippen LogP contribution in [0.3, 0.4) is 0 Å². The van der Waals surface area contributed by atoms with Crippen LogP contribution in [0.25, 0.3) is 27.8 Å². The standard InChI is InChI=1S/C66H70N2O4/c1-12-66(10,11)49-30-32-62(54(41-49)55-34-42(2)36-59(63(55)69)67-33-21-13-14-22-44(4)51-25-17-19-27-57(51)67)72-46(6)38-45(5)71-61-31-29-48(65(7,8)9)40-53(61)56-35-43(3)37-60(64(56)70)68-50-24-16-15-23-47(39-50)52-26-18-20-28-58(52)68/h13-32,34-37,39-41,45-47,69-70H,4,12,33,38H2,1-3,5-11H3/b21-13-,22-14-/t45-,46?,47?/m1/s1. The third kappa shape index (κ3) is 9.92. The molecule has 6 aromatic carbocycles. The quantitative estimate of drug-likeness (QED) is 0.127. The van der Waals surface area contributed by atoms with Crippen molar-refractivity contribution in [3.8, 4) is 45.3 Å². The van der Waals surface area contributed by atoms with Crippen LogP contribution in [0, 0.1) is 13.8 Å². The van der Waals surface area contributed by atoms with Gasteiger partial charge in [-0.05, 0) is 151 Å². The van der Waals surface area contributed by atoms with Gasteiger partial charge in [-0.25, -0.2) is 0 Å². The zero-order valence-electron chi connectivity index (χ0n) is 43.8. The van der Waals surface area contributed by atoms with Crippen LogP contribution in [0.1, 0.15) is 108 Å². The van der Waals surface area contributed by atoms with Gasteiger partial charge in [-0.15, -0.1) is 0 Å². The molecule has 368 valence electrons. The molecule has 0 aromatic heterocycles. The van der Waals surface area contributed by atoms with Crippen molar-refractivity contribution in [2.45, 2.75) is 111 Å². The second-order valence-electron chi connectivity index (χ2n) is 21.6. The summed E-state index contributed by atoms with van der Waals surface area (Å²) < 4.78 is 14.0. The Bertz CT molecular complexity index is 3210. The lowest BCUT2D eigenvalue weighted by molar-refractivity contribution is 0.131. The predicted molar refractivity (Wildman–Crippen MR) is 302 cm³/mol. The fourth-order valence-corrected chi connectivity index (χ4v) is 10.3. The van der Waals surface area contributed by atoms with Crippen LogP contribution in [0.5, 0.6) is 23.0 Å². The van der Waals surface area contributed by atoms with E-state index in [2.05, 4.69) is 219 Å². The van der Waals surface area contributed by atoms with Crippen LogP contribution in [-0.2, 0) is 10.8 Å². The van der Waals surface area contributed by atoms with Gasteiger partial charge in [0, 0.05) is 58.1 Å². The summed E-state index contributed by atoms with van der Waals surface area (Å²) >= 11 is 0. The first-order chi connectivity index (χ1) is 34.4. The van der Waals surface area contributed by atoms with Crippen molar-refractivity contribution in [1.29, 1.82) is 0 Å². The van der Waals surface area contributed by atoms with Crippen molar-refractivity contribution in [3.63, 3.8) is 0 Å². The zero-order valence-corrected chi connectivity index (χ0v) is 43.8. The summed E-state index contributed by atoms with van der Waals surface area (Å²) in [5.74, 6) is 1.89. The van der Waals surface area contributed by atoms with E-state index in [-0.39, 0.29) is 40.5 Å². The Hall–Kier alpha value is -7.44. The van der Waals surface area contributed by atoms with E-state index in [9.17, 15) is 10.2 Å². The van der Waals surface area contributed by atoms with E-state index in [0.29, 0.717) is 47.0 Å². The summed E-state index contributed by atoms with van der Waals surface area (Å²) in [6.45, 7) is 26.6. The van der Waals surface area contributed by atoms with Crippen LogP contribution < -0.4 is 19.3 Å². The molecule has 6 nitrogen and oxygen atoms in total. The molecule has 2 aliphatic heterocycles. The number of rotatable bonds is 12. The summed E-state index contributed by atoms with van der Waals surface area (Å²) in [7, 11) is 0. The number of aromatic hydroxyl groups is 2.